The monoisotopic (exact) mass is 883 g/mol. The number of aryl methyl sites for hydroxylation is 1. The normalized spacial score (nSPS) is 13.3. The molecule has 5 atom stereocenters. The van der Waals surface area contributed by atoms with Crippen molar-refractivity contribution in [3.63, 3.8) is 0 Å². The zero-order chi connectivity index (χ0) is 47.7. The van der Waals surface area contributed by atoms with Gasteiger partial charge in [-0.15, -0.1) is 0 Å². The maximum Gasteiger partial charge on any atom is 0.246 e. The lowest BCUT2D eigenvalue weighted by Gasteiger charge is -2.31. The summed E-state index contributed by atoms with van der Waals surface area (Å²) in [4.78, 5) is 86.5. The van der Waals surface area contributed by atoms with Gasteiger partial charge in [0.25, 0.3) is 0 Å². The van der Waals surface area contributed by atoms with Gasteiger partial charge in [-0.1, -0.05) is 120 Å². The van der Waals surface area contributed by atoms with E-state index in [0.717, 1.165) is 22.0 Å². The number of aromatic nitrogens is 1. The van der Waals surface area contributed by atoms with Gasteiger partial charge in [0.1, 0.15) is 29.7 Å². The standard InChI is InChI=1S/C37H52N10O6.C9H12.C2H6/c1-5-30(48)47-37(4,6-2)35(53)46-28(19-23-13-8-7-9-14-23)34(52)44-27(17-12-18-41-36(39)40)32(50)45-29(33(51)43-22(3)31(38)49)20-24-21-42-26-16-11-10-15-25(24)26;1-2-6-9-7-4-3-5-8-9;1-2/h7-11,13-16,21-22,27-29,42H,5-6,12,17-20H2,1-4H3,(H2,38,49)(H,43,51)(H,44,52)(H,45,50)(H,46,53)(H,47,48)(H4,39,40,41);3-5,7-8H,2,6H2,1H3;1-2H3/t22?,27?,28?,29-,37+;;/m0../s1. The summed E-state index contributed by atoms with van der Waals surface area (Å²) in [5, 5.41) is 14.4. The number of nitrogens with one attached hydrogen (secondary N) is 6. The highest BCUT2D eigenvalue weighted by Gasteiger charge is 2.37. The van der Waals surface area contributed by atoms with Gasteiger partial charge in [-0.25, -0.2) is 0 Å². The number of rotatable bonds is 22. The molecule has 0 aliphatic carbocycles. The highest BCUT2D eigenvalue weighted by atomic mass is 16.2. The average molecular weight is 883 g/mol. The lowest BCUT2D eigenvalue weighted by atomic mass is 9.95. The van der Waals surface area contributed by atoms with Crippen molar-refractivity contribution >= 4 is 52.3 Å². The third-order valence-electron chi connectivity index (χ3n) is 10.3. The van der Waals surface area contributed by atoms with Crippen molar-refractivity contribution in [3.8, 4) is 0 Å². The summed E-state index contributed by atoms with van der Waals surface area (Å²) in [7, 11) is 0. The molecule has 1 heterocycles. The predicted molar refractivity (Wildman–Crippen MR) is 254 cm³/mol. The van der Waals surface area contributed by atoms with Crippen LogP contribution >= 0.6 is 0 Å². The van der Waals surface area contributed by atoms with E-state index < -0.39 is 59.2 Å². The van der Waals surface area contributed by atoms with Gasteiger partial charge >= 0.3 is 0 Å². The average Bonchev–Trinajstić information content (AvgIpc) is 3.70. The Balaban J connectivity index is 0.00000112. The van der Waals surface area contributed by atoms with E-state index in [9.17, 15) is 28.8 Å². The predicted octanol–water partition coefficient (Wildman–Crippen LogP) is 3.81. The van der Waals surface area contributed by atoms with Gasteiger partial charge in [-0.3, -0.25) is 33.8 Å². The molecule has 0 radical (unpaired) electrons. The number of benzene rings is 3. The lowest BCUT2D eigenvalue weighted by Crippen LogP contribution is -2.62. The van der Waals surface area contributed by atoms with Crippen LogP contribution in [0.4, 0.5) is 0 Å². The quantitative estimate of drug-likeness (QED) is 0.0318. The summed E-state index contributed by atoms with van der Waals surface area (Å²) in [6.45, 7) is 12.8. The van der Waals surface area contributed by atoms with Crippen LogP contribution in [0.1, 0.15) is 97.3 Å². The number of nitrogens with two attached hydrogens (primary N) is 3. The van der Waals surface area contributed by atoms with E-state index in [-0.39, 0.29) is 56.9 Å². The van der Waals surface area contributed by atoms with Crippen LogP contribution in [0.3, 0.4) is 0 Å². The minimum absolute atomic E-state index is 0.0352. The number of hydrogen-bond donors (Lipinski definition) is 9. The number of guanidine groups is 1. The van der Waals surface area contributed by atoms with Crippen LogP contribution in [0.25, 0.3) is 10.9 Å². The molecular weight excluding hydrogens is 813 g/mol. The molecule has 348 valence electrons. The summed E-state index contributed by atoms with van der Waals surface area (Å²) in [6.07, 6.45) is 5.01. The van der Waals surface area contributed by atoms with E-state index in [1.165, 1.54) is 25.3 Å². The fraction of sp³-hybridized carbons (Fsp3) is 0.438. The number of para-hydroxylation sites is 1. The van der Waals surface area contributed by atoms with Gasteiger partial charge in [0, 0.05) is 42.9 Å². The Morgan fingerprint density at radius 1 is 0.703 bits per heavy atom. The first-order valence-electron chi connectivity index (χ1n) is 22.1. The molecule has 3 aromatic carbocycles. The van der Waals surface area contributed by atoms with E-state index in [4.69, 9.17) is 17.2 Å². The third-order valence-corrected chi connectivity index (χ3v) is 10.3. The Morgan fingerprint density at radius 3 is 1.83 bits per heavy atom. The van der Waals surface area contributed by atoms with Crippen LogP contribution in [0.2, 0.25) is 0 Å². The first-order valence-corrected chi connectivity index (χ1v) is 22.1. The van der Waals surface area contributed by atoms with Crippen LogP contribution in [0, 0.1) is 0 Å². The van der Waals surface area contributed by atoms with Crippen LogP contribution in [-0.2, 0) is 48.0 Å². The Kier molecular flexibility index (Phi) is 23.4. The molecule has 64 heavy (non-hydrogen) atoms. The van der Waals surface area contributed by atoms with E-state index >= 15 is 0 Å². The molecule has 16 heteroatoms. The van der Waals surface area contributed by atoms with Gasteiger partial charge in [0.05, 0.1) is 0 Å². The van der Waals surface area contributed by atoms with E-state index in [1.54, 1.807) is 51.2 Å². The van der Waals surface area contributed by atoms with Crippen molar-refractivity contribution in [2.75, 3.05) is 6.54 Å². The third kappa shape index (κ3) is 17.9. The van der Waals surface area contributed by atoms with Crippen LogP contribution in [0.5, 0.6) is 0 Å². The Bertz CT molecular complexity index is 2110. The molecule has 0 aliphatic rings. The van der Waals surface area contributed by atoms with Gasteiger partial charge in [0.15, 0.2) is 5.96 Å². The molecule has 6 amide bonds. The summed E-state index contributed by atoms with van der Waals surface area (Å²) >= 11 is 0. The van der Waals surface area contributed by atoms with E-state index in [1.807, 2.05) is 44.2 Å². The lowest BCUT2D eigenvalue weighted by molar-refractivity contribution is -0.136. The highest BCUT2D eigenvalue weighted by Crippen LogP contribution is 2.20. The zero-order valence-corrected chi connectivity index (χ0v) is 38.5. The SMILES string of the molecule is CC.CCC(=O)N[C@](C)(CC)C(=O)NC(Cc1ccccc1)C(=O)NC(CCCN=C(N)N)C(=O)N[C@@H](Cc1c[nH]c2ccccc12)C(=O)NC(C)C(N)=O.CCCc1ccccc1. The molecule has 0 aliphatic heterocycles. The fourth-order valence-corrected chi connectivity index (χ4v) is 6.44. The number of hydrogen-bond acceptors (Lipinski definition) is 7. The van der Waals surface area contributed by atoms with Crippen molar-refractivity contribution in [3.05, 3.63) is 108 Å². The maximum absolute atomic E-state index is 14.1. The molecule has 0 fully saturated rings. The summed E-state index contributed by atoms with van der Waals surface area (Å²) in [6, 6.07) is 22.4. The number of aliphatic imine (C=N–C) groups is 1. The van der Waals surface area contributed by atoms with Gasteiger partial charge in [0.2, 0.25) is 35.4 Å². The Morgan fingerprint density at radius 2 is 1.25 bits per heavy atom. The minimum atomic E-state index is -1.32. The molecule has 16 nitrogen and oxygen atoms in total. The largest absolute Gasteiger partial charge is 0.370 e. The van der Waals surface area contributed by atoms with E-state index in [0.29, 0.717) is 0 Å². The highest BCUT2D eigenvalue weighted by molar-refractivity contribution is 5.97. The molecule has 3 unspecified atom stereocenters. The van der Waals surface area contributed by atoms with Crippen molar-refractivity contribution in [1.82, 2.24) is 31.6 Å². The summed E-state index contributed by atoms with van der Waals surface area (Å²) in [5.74, 6) is -3.86. The number of primary amides is 1. The fourth-order valence-electron chi connectivity index (χ4n) is 6.44. The Labute approximate surface area is 377 Å². The number of carbonyl (C=O) groups excluding carboxylic acids is 6. The maximum atomic E-state index is 14.1. The molecule has 1 aromatic heterocycles. The first kappa shape index (κ1) is 53.4. The molecule has 0 bridgehead atoms. The van der Waals surface area contributed by atoms with Crippen LogP contribution in [-0.4, -0.2) is 82.6 Å². The number of carbonyl (C=O) groups is 6. The molecule has 0 saturated carbocycles. The number of amides is 6. The number of nitrogens with zero attached hydrogens (tertiary/aromatic N) is 1. The van der Waals surface area contributed by atoms with Crippen molar-refractivity contribution in [2.45, 2.75) is 130 Å². The molecule has 12 N–H and O–H groups in total. The van der Waals surface area contributed by atoms with Crippen molar-refractivity contribution in [2.24, 2.45) is 22.2 Å². The minimum Gasteiger partial charge on any atom is -0.370 e. The Hall–Kier alpha value is -6.71. The van der Waals surface area contributed by atoms with Gasteiger partial charge in [-0.2, -0.15) is 0 Å². The second kappa shape index (κ2) is 28.1. The molecule has 4 rings (SSSR count). The number of H-pyrrole nitrogens is 1. The second-order valence-corrected chi connectivity index (χ2v) is 15.3. The molecular formula is C48H70N10O6. The van der Waals surface area contributed by atoms with Crippen LogP contribution < -0.4 is 43.8 Å². The molecule has 0 spiro atoms. The number of aromatic amines is 1. The summed E-state index contributed by atoms with van der Waals surface area (Å²) in [5.41, 5.74) is 18.8. The summed E-state index contributed by atoms with van der Waals surface area (Å²) < 4.78 is 0. The smallest absolute Gasteiger partial charge is 0.246 e. The van der Waals surface area contributed by atoms with Crippen LogP contribution in [0.15, 0.2) is 96.1 Å². The van der Waals surface area contributed by atoms with Gasteiger partial charge in [-0.05, 0) is 62.3 Å². The van der Waals surface area contributed by atoms with Crippen molar-refractivity contribution in [1.29, 1.82) is 0 Å². The topological polar surface area (TPSA) is 269 Å². The molecule has 0 saturated heterocycles. The first-order chi connectivity index (χ1) is 30.6. The number of fused-ring (bicyclic) bond motifs is 1. The van der Waals surface area contributed by atoms with Gasteiger partial charge < -0.3 is 48.8 Å². The van der Waals surface area contributed by atoms with Crippen molar-refractivity contribution < 1.29 is 28.8 Å². The zero-order valence-electron chi connectivity index (χ0n) is 38.5. The van der Waals surface area contributed by atoms with E-state index in [2.05, 4.69) is 73.8 Å². The second-order valence-electron chi connectivity index (χ2n) is 15.3. The molecule has 4 aromatic rings.